The largest absolute Gasteiger partial charge is 0.469 e. The van der Waals surface area contributed by atoms with E-state index < -0.39 is 0 Å². The Balaban J connectivity index is 1.47. The van der Waals surface area contributed by atoms with Gasteiger partial charge in [0.15, 0.2) is 0 Å². The summed E-state index contributed by atoms with van der Waals surface area (Å²) >= 11 is 0. The summed E-state index contributed by atoms with van der Waals surface area (Å²) in [5.74, 6) is 4.28. The van der Waals surface area contributed by atoms with Crippen LogP contribution in [0.25, 0.3) is 0 Å². The maximum atomic E-state index is 12.0. The molecule has 7 atom stereocenters. The number of hydrogen-bond acceptors (Lipinski definition) is 3. The van der Waals surface area contributed by atoms with Crippen LogP contribution >= 0.6 is 0 Å². The Kier molecular flexibility index (Phi) is 5.72. The zero-order valence-electron chi connectivity index (χ0n) is 19.0. The Bertz CT molecular complexity index is 694. The van der Waals surface area contributed by atoms with Gasteiger partial charge in [0.1, 0.15) is 5.78 Å². The molecule has 0 radical (unpaired) electrons. The van der Waals surface area contributed by atoms with Crippen molar-refractivity contribution in [1.82, 2.24) is 0 Å². The van der Waals surface area contributed by atoms with Gasteiger partial charge in [0.2, 0.25) is 0 Å². The fourth-order valence-electron chi connectivity index (χ4n) is 8.32. The second-order valence-electron chi connectivity index (χ2n) is 11.1. The molecule has 3 heteroatoms. The van der Waals surface area contributed by atoms with Crippen molar-refractivity contribution < 1.29 is 14.3 Å². The lowest BCUT2D eigenvalue weighted by atomic mass is 9.47. The van der Waals surface area contributed by atoms with Crippen molar-refractivity contribution in [2.75, 3.05) is 7.11 Å². The normalized spacial score (nSPS) is 42.3. The molecular weight excluding hydrogens is 360 g/mol. The Labute approximate surface area is 177 Å². The number of methoxy groups -OCH3 is 1. The maximum Gasteiger partial charge on any atom is 0.305 e. The highest BCUT2D eigenvalue weighted by Crippen LogP contribution is 2.67. The van der Waals surface area contributed by atoms with Crippen molar-refractivity contribution in [2.24, 2.45) is 40.4 Å². The minimum atomic E-state index is -0.0720. The van der Waals surface area contributed by atoms with Crippen LogP contribution in [-0.4, -0.2) is 18.9 Å². The smallest absolute Gasteiger partial charge is 0.305 e. The highest BCUT2D eigenvalue weighted by Gasteiger charge is 2.59. The molecule has 0 heterocycles. The number of hydrogen-bond donors (Lipinski definition) is 0. The Hall–Kier alpha value is -1.12. The number of esters is 1. The van der Waals surface area contributed by atoms with Gasteiger partial charge >= 0.3 is 5.97 Å². The number of ether oxygens (including phenoxy) is 1. The van der Waals surface area contributed by atoms with E-state index in [9.17, 15) is 9.59 Å². The Morgan fingerprint density at radius 1 is 1.21 bits per heavy atom. The fourth-order valence-corrected chi connectivity index (χ4v) is 8.32. The SMILES string of the molecule is COC(=O)CCC[C@@H](C)C1CC[C@H]2[C@@H]3CC=C4CC(=O)CC[C@]4(C)[C@H]3CC[C@]12C. The average Bonchev–Trinajstić information content (AvgIpc) is 3.05. The molecule has 3 fully saturated rings. The van der Waals surface area contributed by atoms with Crippen molar-refractivity contribution in [3.8, 4) is 0 Å². The topological polar surface area (TPSA) is 43.4 Å². The molecule has 4 aliphatic carbocycles. The molecule has 4 rings (SSSR count). The van der Waals surface area contributed by atoms with E-state index in [0.29, 0.717) is 23.5 Å². The number of carbonyl (C=O) groups excluding carboxylic acids is 2. The fraction of sp³-hybridized carbons (Fsp3) is 0.846. The van der Waals surface area contributed by atoms with Crippen molar-refractivity contribution in [2.45, 2.75) is 91.4 Å². The van der Waals surface area contributed by atoms with Crippen LogP contribution in [0.2, 0.25) is 0 Å². The summed E-state index contributed by atoms with van der Waals surface area (Å²) in [4.78, 5) is 23.5. The van der Waals surface area contributed by atoms with Crippen LogP contribution in [0.4, 0.5) is 0 Å². The number of rotatable bonds is 5. The first kappa shape index (κ1) is 21.1. The predicted octanol–water partition coefficient (Wildman–Crippen LogP) is 6.11. The molecule has 0 amide bonds. The van der Waals surface area contributed by atoms with Gasteiger partial charge in [-0.25, -0.2) is 0 Å². The van der Waals surface area contributed by atoms with Gasteiger partial charge in [-0.1, -0.05) is 32.4 Å². The molecule has 0 bridgehead atoms. The second-order valence-corrected chi connectivity index (χ2v) is 11.1. The summed E-state index contributed by atoms with van der Waals surface area (Å²) in [7, 11) is 1.49. The molecule has 0 aromatic rings. The summed E-state index contributed by atoms with van der Waals surface area (Å²) in [5, 5.41) is 0. The summed E-state index contributed by atoms with van der Waals surface area (Å²) in [6, 6.07) is 0. The molecule has 0 spiro atoms. The third-order valence-electron chi connectivity index (χ3n) is 9.96. The van der Waals surface area contributed by atoms with E-state index in [0.717, 1.165) is 55.8 Å². The lowest BCUT2D eigenvalue weighted by molar-refractivity contribution is -0.140. The first-order chi connectivity index (χ1) is 13.8. The van der Waals surface area contributed by atoms with E-state index >= 15 is 0 Å². The maximum absolute atomic E-state index is 12.0. The molecular formula is C26H40O3. The van der Waals surface area contributed by atoms with Crippen LogP contribution in [-0.2, 0) is 14.3 Å². The number of carbonyl (C=O) groups is 2. The lowest BCUT2D eigenvalue weighted by Crippen LogP contribution is -2.50. The average molecular weight is 401 g/mol. The number of Topliss-reactive ketones (excluding diaryl/α,β-unsaturated/α-hetero) is 1. The first-order valence-electron chi connectivity index (χ1n) is 12.1. The zero-order valence-corrected chi connectivity index (χ0v) is 19.0. The van der Waals surface area contributed by atoms with Crippen LogP contribution in [0.5, 0.6) is 0 Å². The van der Waals surface area contributed by atoms with Crippen molar-refractivity contribution >= 4 is 11.8 Å². The van der Waals surface area contributed by atoms with Crippen LogP contribution < -0.4 is 0 Å². The molecule has 0 aliphatic heterocycles. The highest BCUT2D eigenvalue weighted by molar-refractivity contribution is 5.82. The van der Waals surface area contributed by atoms with Crippen LogP contribution in [0.3, 0.4) is 0 Å². The second kappa shape index (κ2) is 7.85. The molecule has 3 saturated carbocycles. The number of ketones is 1. The van der Waals surface area contributed by atoms with Gasteiger partial charge in [-0.2, -0.15) is 0 Å². The molecule has 0 aromatic heterocycles. The van der Waals surface area contributed by atoms with Gasteiger partial charge in [-0.15, -0.1) is 0 Å². The van der Waals surface area contributed by atoms with Crippen LogP contribution in [0, 0.1) is 40.4 Å². The molecule has 0 aromatic carbocycles. The number of fused-ring (bicyclic) bond motifs is 5. The van der Waals surface area contributed by atoms with Gasteiger partial charge in [-0.05, 0) is 91.8 Å². The van der Waals surface area contributed by atoms with Gasteiger partial charge < -0.3 is 4.74 Å². The molecule has 4 aliphatic rings. The monoisotopic (exact) mass is 400 g/mol. The van der Waals surface area contributed by atoms with E-state index in [4.69, 9.17) is 4.74 Å². The van der Waals surface area contributed by atoms with Crippen LogP contribution in [0.1, 0.15) is 91.4 Å². The first-order valence-corrected chi connectivity index (χ1v) is 12.1. The minimum absolute atomic E-state index is 0.0720. The molecule has 0 N–H and O–H groups in total. The molecule has 162 valence electrons. The highest BCUT2D eigenvalue weighted by atomic mass is 16.5. The van der Waals surface area contributed by atoms with Gasteiger partial charge in [0.05, 0.1) is 7.11 Å². The summed E-state index contributed by atoms with van der Waals surface area (Å²) < 4.78 is 4.82. The quantitative estimate of drug-likeness (QED) is 0.413. The third kappa shape index (κ3) is 3.51. The van der Waals surface area contributed by atoms with Crippen molar-refractivity contribution in [3.63, 3.8) is 0 Å². The predicted molar refractivity (Wildman–Crippen MR) is 115 cm³/mol. The van der Waals surface area contributed by atoms with E-state index in [1.54, 1.807) is 0 Å². The Morgan fingerprint density at radius 3 is 2.76 bits per heavy atom. The van der Waals surface area contributed by atoms with Crippen molar-refractivity contribution in [1.29, 1.82) is 0 Å². The van der Waals surface area contributed by atoms with Crippen LogP contribution in [0.15, 0.2) is 11.6 Å². The molecule has 3 nitrogen and oxygen atoms in total. The van der Waals surface area contributed by atoms with E-state index in [-0.39, 0.29) is 11.4 Å². The standard InChI is InChI=1S/C26H40O3/c1-17(6-5-7-24(28)29-4)21-10-11-22-20-9-8-18-16-19(27)12-14-25(18,2)23(20)13-15-26(21,22)3/h8,17,20-23H,5-7,9-16H2,1-4H3/t17-,20+,21?,22+,23+,25+,26-/m1/s1. The minimum Gasteiger partial charge on any atom is -0.469 e. The molecule has 29 heavy (non-hydrogen) atoms. The van der Waals surface area contributed by atoms with Gasteiger partial charge in [0.25, 0.3) is 0 Å². The lowest BCUT2D eigenvalue weighted by Gasteiger charge is -2.58. The molecule has 0 saturated heterocycles. The molecule has 1 unspecified atom stereocenters. The third-order valence-corrected chi connectivity index (χ3v) is 9.96. The van der Waals surface area contributed by atoms with Gasteiger partial charge in [-0.3, -0.25) is 9.59 Å². The zero-order chi connectivity index (χ0) is 20.8. The van der Waals surface area contributed by atoms with E-state index in [1.807, 2.05) is 0 Å². The van der Waals surface area contributed by atoms with Crippen molar-refractivity contribution in [3.05, 3.63) is 11.6 Å². The van der Waals surface area contributed by atoms with E-state index in [2.05, 4.69) is 26.8 Å². The number of allylic oxidation sites excluding steroid dienone is 2. The Morgan fingerprint density at radius 2 is 2.00 bits per heavy atom. The summed E-state index contributed by atoms with van der Waals surface area (Å²) in [5.41, 5.74) is 2.21. The summed E-state index contributed by atoms with van der Waals surface area (Å²) in [6.45, 7) is 7.50. The van der Waals surface area contributed by atoms with E-state index in [1.165, 1.54) is 44.8 Å². The summed E-state index contributed by atoms with van der Waals surface area (Å²) in [6.07, 6.45) is 14.3. The van der Waals surface area contributed by atoms with Gasteiger partial charge in [0, 0.05) is 19.3 Å².